The first-order chi connectivity index (χ1) is 9.40. The molecule has 0 spiro atoms. The van der Waals surface area contributed by atoms with Crippen LogP contribution in [0.25, 0.3) is 0 Å². The molecule has 0 amide bonds. The molecule has 0 aliphatic carbocycles. The Morgan fingerprint density at radius 2 is 1.45 bits per heavy atom. The number of hydrogen-bond donors (Lipinski definition) is 2. The summed E-state index contributed by atoms with van der Waals surface area (Å²) in [5.74, 6) is -7.37. The summed E-state index contributed by atoms with van der Waals surface area (Å²) in [4.78, 5) is 10.6. The highest BCUT2D eigenvalue weighted by Gasteiger charge is 2.19. The second kappa shape index (κ2) is 5.20. The molecule has 3 nitrogen and oxygen atoms in total. The summed E-state index contributed by atoms with van der Waals surface area (Å²) >= 11 is 0. The second-order valence-corrected chi connectivity index (χ2v) is 3.85. The van der Waals surface area contributed by atoms with Gasteiger partial charge in [-0.15, -0.1) is 0 Å². The predicted octanol–water partition coefficient (Wildman–Crippen LogP) is 3.68. The van der Waals surface area contributed by atoms with Gasteiger partial charge in [0.15, 0.2) is 23.3 Å². The zero-order valence-corrected chi connectivity index (χ0v) is 9.75. The molecule has 0 heterocycles. The lowest BCUT2D eigenvalue weighted by Gasteiger charge is -2.10. The van der Waals surface area contributed by atoms with E-state index in [1.165, 1.54) is 24.3 Å². The minimum absolute atomic E-state index is 0.0399. The SMILES string of the molecule is O=C(O)c1ccc(Nc2c(F)c(F)cc(F)c2F)cc1. The molecule has 0 unspecified atom stereocenters. The first-order valence-corrected chi connectivity index (χ1v) is 5.33. The fourth-order valence-electron chi connectivity index (χ4n) is 1.52. The van der Waals surface area contributed by atoms with Gasteiger partial charge in [-0.1, -0.05) is 0 Å². The van der Waals surface area contributed by atoms with Crippen molar-refractivity contribution in [3.8, 4) is 0 Å². The molecule has 7 heteroatoms. The average molecular weight is 285 g/mol. The Hall–Kier alpha value is -2.57. The van der Waals surface area contributed by atoms with Crippen molar-refractivity contribution in [2.75, 3.05) is 5.32 Å². The normalized spacial score (nSPS) is 10.4. The molecule has 0 aromatic heterocycles. The summed E-state index contributed by atoms with van der Waals surface area (Å²) in [6.07, 6.45) is 0. The van der Waals surface area contributed by atoms with Crippen LogP contribution in [-0.4, -0.2) is 11.1 Å². The summed E-state index contributed by atoms with van der Waals surface area (Å²) in [6.45, 7) is 0. The molecule has 104 valence electrons. The molecule has 0 aliphatic rings. The van der Waals surface area contributed by atoms with E-state index >= 15 is 0 Å². The highest BCUT2D eigenvalue weighted by atomic mass is 19.2. The highest BCUT2D eigenvalue weighted by molar-refractivity contribution is 5.88. The Balaban J connectivity index is 2.37. The van der Waals surface area contributed by atoms with Crippen LogP contribution in [0.15, 0.2) is 30.3 Å². The smallest absolute Gasteiger partial charge is 0.335 e. The maximum atomic E-state index is 13.4. The Kier molecular flexibility index (Phi) is 3.60. The lowest BCUT2D eigenvalue weighted by atomic mass is 10.2. The number of carboxylic acids is 1. The van der Waals surface area contributed by atoms with Gasteiger partial charge in [0.05, 0.1) is 5.56 Å². The van der Waals surface area contributed by atoms with E-state index in [1.54, 1.807) is 0 Å². The standard InChI is InChI=1S/C13H7F4NO2/c14-8-5-9(15)11(17)12(10(8)16)18-7-3-1-6(2-4-7)13(19)20/h1-5,18H,(H,19,20). The van der Waals surface area contributed by atoms with Crippen molar-refractivity contribution in [2.45, 2.75) is 0 Å². The van der Waals surface area contributed by atoms with E-state index in [2.05, 4.69) is 5.32 Å². The molecule has 0 atom stereocenters. The second-order valence-electron chi connectivity index (χ2n) is 3.85. The summed E-state index contributed by atoms with van der Waals surface area (Å²) < 4.78 is 52.8. The van der Waals surface area contributed by atoms with Gasteiger partial charge in [-0.25, -0.2) is 22.4 Å². The summed E-state index contributed by atoms with van der Waals surface area (Å²) in [6, 6.07) is 4.88. The van der Waals surface area contributed by atoms with E-state index in [9.17, 15) is 22.4 Å². The average Bonchev–Trinajstić information content (AvgIpc) is 2.42. The van der Waals surface area contributed by atoms with Crippen molar-refractivity contribution >= 4 is 17.3 Å². The number of aromatic carboxylic acids is 1. The zero-order chi connectivity index (χ0) is 14.9. The number of carbonyl (C=O) groups is 1. The molecule has 0 aliphatic heterocycles. The Morgan fingerprint density at radius 1 is 0.950 bits per heavy atom. The molecule has 0 saturated carbocycles. The molecule has 2 rings (SSSR count). The monoisotopic (exact) mass is 285 g/mol. The van der Waals surface area contributed by atoms with Crippen LogP contribution in [0.4, 0.5) is 28.9 Å². The van der Waals surface area contributed by atoms with Gasteiger partial charge in [-0.3, -0.25) is 0 Å². The van der Waals surface area contributed by atoms with Crippen molar-refractivity contribution < 1.29 is 27.5 Å². The first-order valence-electron chi connectivity index (χ1n) is 5.33. The van der Waals surface area contributed by atoms with E-state index in [4.69, 9.17) is 5.11 Å². The van der Waals surface area contributed by atoms with Gasteiger partial charge in [0.1, 0.15) is 5.69 Å². The molecule has 2 N–H and O–H groups in total. The van der Waals surface area contributed by atoms with E-state index in [0.717, 1.165) is 0 Å². The minimum atomic E-state index is -1.56. The zero-order valence-electron chi connectivity index (χ0n) is 9.75. The van der Waals surface area contributed by atoms with Crippen LogP contribution in [0.1, 0.15) is 10.4 Å². The van der Waals surface area contributed by atoms with Crippen LogP contribution in [0.5, 0.6) is 0 Å². The molecule has 0 radical (unpaired) electrons. The molecule has 0 saturated heterocycles. The van der Waals surface area contributed by atoms with E-state index in [-0.39, 0.29) is 17.3 Å². The number of carboxylic acid groups (broad SMARTS) is 1. The number of rotatable bonds is 3. The predicted molar refractivity (Wildman–Crippen MR) is 63.0 cm³/mol. The number of nitrogens with one attached hydrogen (secondary N) is 1. The van der Waals surface area contributed by atoms with Gasteiger partial charge in [-0.05, 0) is 24.3 Å². The number of anilines is 2. The van der Waals surface area contributed by atoms with Gasteiger partial charge in [0, 0.05) is 11.8 Å². The lowest BCUT2D eigenvalue weighted by Crippen LogP contribution is -2.03. The minimum Gasteiger partial charge on any atom is -0.478 e. The Morgan fingerprint density at radius 3 is 1.90 bits per heavy atom. The maximum Gasteiger partial charge on any atom is 0.335 e. The molecular weight excluding hydrogens is 278 g/mol. The third-order valence-electron chi connectivity index (χ3n) is 2.51. The van der Waals surface area contributed by atoms with Crippen LogP contribution in [0.2, 0.25) is 0 Å². The van der Waals surface area contributed by atoms with Crippen molar-refractivity contribution in [1.82, 2.24) is 0 Å². The first kappa shape index (κ1) is 13.9. The Bertz CT molecular complexity index is 645. The van der Waals surface area contributed by atoms with Crippen LogP contribution < -0.4 is 5.32 Å². The van der Waals surface area contributed by atoms with E-state index in [0.29, 0.717) is 0 Å². The number of halogens is 4. The van der Waals surface area contributed by atoms with E-state index < -0.39 is 34.9 Å². The molecular formula is C13H7F4NO2. The third kappa shape index (κ3) is 2.56. The largest absolute Gasteiger partial charge is 0.478 e. The van der Waals surface area contributed by atoms with Crippen LogP contribution in [-0.2, 0) is 0 Å². The molecule has 20 heavy (non-hydrogen) atoms. The van der Waals surface area contributed by atoms with Gasteiger partial charge in [0.25, 0.3) is 0 Å². The van der Waals surface area contributed by atoms with Crippen molar-refractivity contribution in [3.05, 3.63) is 59.2 Å². The van der Waals surface area contributed by atoms with Gasteiger partial charge < -0.3 is 10.4 Å². The van der Waals surface area contributed by atoms with Crippen LogP contribution >= 0.6 is 0 Å². The maximum absolute atomic E-state index is 13.4. The summed E-state index contributed by atoms with van der Waals surface area (Å²) in [7, 11) is 0. The fraction of sp³-hybridized carbons (Fsp3) is 0. The van der Waals surface area contributed by atoms with Crippen LogP contribution in [0, 0.1) is 23.3 Å². The van der Waals surface area contributed by atoms with Crippen LogP contribution in [0.3, 0.4) is 0 Å². The molecule has 0 fully saturated rings. The number of benzene rings is 2. The summed E-state index contributed by atoms with van der Waals surface area (Å²) in [5, 5.41) is 10.9. The topological polar surface area (TPSA) is 49.3 Å². The third-order valence-corrected chi connectivity index (χ3v) is 2.51. The summed E-state index contributed by atoms with van der Waals surface area (Å²) in [5.41, 5.74) is -0.940. The van der Waals surface area contributed by atoms with Crippen molar-refractivity contribution in [1.29, 1.82) is 0 Å². The molecule has 0 bridgehead atoms. The highest BCUT2D eigenvalue weighted by Crippen LogP contribution is 2.27. The van der Waals surface area contributed by atoms with Crippen molar-refractivity contribution in [3.63, 3.8) is 0 Å². The van der Waals surface area contributed by atoms with E-state index in [1.807, 2.05) is 0 Å². The Labute approximate surface area is 110 Å². The molecule has 2 aromatic carbocycles. The van der Waals surface area contributed by atoms with Gasteiger partial charge in [0.2, 0.25) is 0 Å². The number of hydrogen-bond acceptors (Lipinski definition) is 2. The van der Waals surface area contributed by atoms with Crippen molar-refractivity contribution in [2.24, 2.45) is 0 Å². The van der Waals surface area contributed by atoms with Gasteiger partial charge in [-0.2, -0.15) is 0 Å². The van der Waals surface area contributed by atoms with Gasteiger partial charge >= 0.3 is 5.97 Å². The quantitative estimate of drug-likeness (QED) is 0.668. The molecule has 2 aromatic rings. The fourth-order valence-corrected chi connectivity index (χ4v) is 1.52. The lowest BCUT2D eigenvalue weighted by molar-refractivity contribution is 0.0697.